The average molecular weight is 449 g/mol. The molecular weight excluding hydrogens is 397 g/mol. The van der Waals surface area contributed by atoms with Gasteiger partial charge in [0, 0.05) is 19.3 Å². The number of unbranched alkanes of at least 4 members (excludes halogenated alkanes) is 13. The van der Waals surface area contributed by atoms with Gasteiger partial charge in [-0.15, -0.1) is 0 Å². The summed E-state index contributed by atoms with van der Waals surface area (Å²) in [6.07, 6.45) is 21.4. The number of hydrogen-bond acceptors (Lipinski definition) is 3. The maximum atomic E-state index is 12.0. The van der Waals surface area contributed by atoms with E-state index in [-0.39, 0.29) is 0 Å². The average Bonchev–Trinajstić information content (AvgIpc) is 3.03. The van der Waals surface area contributed by atoms with E-state index in [2.05, 4.69) is 21.0 Å². The lowest BCUT2D eigenvalue weighted by atomic mass is 10.0. The fourth-order valence-electron chi connectivity index (χ4n) is 4.58. The third kappa shape index (κ3) is 14.2. The van der Waals surface area contributed by atoms with E-state index in [0.29, 0.717) is 19.3 Å². The van der Waals surface area contributed by atoms with Crippen LogP contribution in [0.2, 0.25) is 0 Å². The number of phosphoric acid groups is 1. The second-order valence-electron chi connectivity index (χ2n) is 9.82. The summed E-state index contributed by atoms with van der Waals surface area (Å²) in [4.78, 5) is 9.83. The summed E-state index contributed by atoms with van der Waals surface area (Å²) in [5.74, 6) is 0. The molecule has 30 heavy (non-hydrogen) atoms. The van der Waals surface area contributed by atoms with Crippen LogP contribution in [-0.4, -0.2) is 49.3 Å². The third-order valence-electron chi connectivity index (χ3n) is 6.72. The van der Waals surface area contributed by atoms with Crippen molar-refractivity contribution in [2.75, 3.05) is 33.9 Å². The van der Waals surface area contributed by atoms with Crippen molar-refractivity contribution < 1.29 is 23.0 Å². The van der Waals surface area contributed by atoms with Gasteiger partial charge in [-0.1, -0.05) is 90.4 Å². The van der Waals surface area contributed by atoms with Crippen molar-refractivity contribution in [3.05, 3.63) is 0 Å². The minimum absolute atomic E-state index is 0.304. The van der Waals surface area contributed by atoms with Crippen LogP contribution in [0.4, 0.5) is 0 Å². The fraction of sp³-hybridized carbons (Fsp3) is 1.00. The largest absolute Gasteiger partial charge is 0.472 e. The molecule has 0 aromatic rings. The van der Waals surface area contributed by atoms with Gasteiger partial charge in [0.1, 0.15) is 0 Å². The van der Waals surface area contributed by atoms with E-state index in [1.807, 2.05) is 0 Å². The van der Waals surface area contributed by atoms with Gasteiger partial charge >= 0.3 is 7.82 Å². The van der Waals surface area contributed by atoms with Gasteiger partial charge in [0.2, 0.25) is 0 Å². The summed E-state index contributed by atoms with van der Waals surface area (Å²) in [6.45, 7) is 4.07. The molecule has 0 spiro atoms. The second kappa shape index (κ2) is 16.7. The lowest BCUT2D eigenvalue weighted by Gasteiger charge is -2.31. The number of rotatable bonds is 20. The number of quaternary nitrogens is 1. The van der Waals surface area contributed by atoms with Gasteiger partial charge in [-0.05, 0) is 6.42 Å². The maximum absolute atomic E-state index is 12.0. The highest BCUT2D eigenvalue weighted by molar-refractivity contribution is 7.47. The minimum atomic E-state index is -3.88. The smallest absolute Gasteiger partial charge is 0.326 e. The molecule has 0 aliphatic carbocycles. The second-order valence-corrected chi connectivity index (χ2v) is 11.3. The van der Waals surface area contributed by atoms with E-state index in [9.17, 15) is 9.46 Å². The van der Waals surface area contributed by atoms with Gasteiger partial charge in [0.15, 0.2) is 0 Å². The molecule has 180 valence electrons. The van der Waals surface area contributed by atoms with Crippen LogP contribution in [0.15, 0.2) is 0 Å². The Bertz CT molecular complexity index is 458. The molecule has 1 saturated heterocycles. The SMILES string of the molecule is CCCCCCCCCCCCCCCCOP(=O)(O)OCCC1CCC[N+]1(C)C. The summed E-state index contributed by atoms with van der Waals surface area (Å²) in [5, 5.41) is 0. The lowest BCUT2D eigenvalue weighted by Crippen LogP contribution is -2.44. The zero-order valence-corrected chi connectivity index (χ0v) is 21.2. The standard InChI is InChI=1S/C24H50NO4P/c1-4-5-6-7-8-9-10-11-12-13-14-15-16-17-22-28-30(26,27)29-23-20-24-19-18-21-25(24,2)3/h24H,4-23H2,1-3H3/p+1. The summed E-state index contributed by atoms with van der Waals surface area (Å²) >= 11 is 0. The van der Waals surface area contributed by atoms with Gasteiger partial charge < -0.3 is 9.38 Å². The minimum Gasteiger partial charge on any atom is -0.326 e. The molecule has 0 bridgehead atoms. The molecule has 2 atom stereocenters. The van der Waals surface area contributed by atoms with Crippen LogP contribution in [0.5, 0.6) is 0 Å². The molecule has 5 nitrogen and oxygen atoms in total. The first-order chi connectivity index (χ1) is 14.4. The molecule has 0 saturated carbocycles. The third-order valence-corrected chi connectivity index (χ3v) is 7.74. The highest BCUT2D eigenvalue weighted by Gasteiger charge is 2.34. The van der Waals surface area contributed by atoms with E-state index in [1.54, 1.807) is 0 Å². The molecule has 1 fully saturated rings. The van der Waals surface area contributed by atoms with Crippen molar-refractivity contribution in [1.82, 2.24) is 0 Å². The van der Waals surface area contributed by atoms with E-state index < -0.39 is 7.82 Å². The van der Waals surface area contributed by atoms with Crippen LogP contribution in [0.3, 0.4) is 0 Å². The monoisotopic (exact) mass is 448 g/mol. The quantitative estimate of drug-likeness (QED) is 0.121. The maximum Gasteiger partial charge on any atom is 0.472 e. The molecule has 2 unspecified atom stereocenters. The van der Waals surface area contributed by atoms with Crippen LogP contribution in [0, 0.1) is 0 Å². The molecule has 1 heterocycles. The number of phosphoric ester groups is 1. The Morgan fingerprint density at radius 2 is 1.27 bits per heavy atom. The molecule has 0 aromatic heterocycles. The molecule has 1 aliphatic heterocycles. The van der Waals surface area contributed by atoms with Gasteiger partial charge in [-0.25, -0.2) is 4.57 Å². The fourth-order valence-corrected chi connectivity index (χ4v) is 5.35. The molecule has 6 heteroatoms. The van der Waals surface area contributed by atoms with Gasteiger partial charge in [0.25, 0.3) is 0 Å². The number of likely N-dealkylation sites (tertiary alicyclic amines) is 1. The van der Waals surface area contributed by atoms with Crippen LogP contribution in [0.1, 0.15) is 116 Å². The van der Waals surface area contributed by atoms with Gasteiger partial charge in [0.05, 0.1) is 39.9 Å². The Morgan fingerprint density at radius 3 is 1.73 bits per heavy atom. The molecule has 0 amide bonds. The predicted octanol–water partition coefficient (Wildman–Crippen LogP) is 7.23. The van der Waals surface area contributed by atoms with Crippen molar-refractivity contribution in [1.29, 1.82) is 0 Å². The molecule has 0 radical (unpaired) electrons. The molecule has 1 N–H and O–H groups in total. The van der Waals surface area contributed by atoms with Crippen molar-refractivity contribution >= 4 is 7.82 Å². The van der Waals surface area contributed by atoms with Crippen molar-refractivity contribution in [3.63, 3.8) is 0 Å². The van der Waals surface area contributed by atoms with Gasteiger partial charge in [-0.2, -0.15) is 0 Å². The molecule has 0 aromatic carbocycles. The van der Waals surface area contributed by atoms with E-state index >= 15 is 0 Å². The summed E-state index contributed by atoms with van der Waals surface area (Å²) in [6, 6.07) is 0.524. The lowest BCUT2D eigenvalue weighted by molar-refractivity contribution is -0.902. The van der Waals surface area contributed by atoms with Crippen LogP contribution in [-0.2, 0) is 13.6 Å². The Kier molecular flexibility index (Phi) is 15.6. The topological polar surface area (TPSA) is 55.8 Å². The first kappa shape index (κ1) is 28.1. The van der Waals surface area contributed by atoms with Crippen LogP contribution in [0.25, 0.3) is 0 Å². The molecule has 1 aliphatic rings. The first-order valence-electron chi connectivity index (χ1n) is 12.8. The summed E-state index contributed by atoms with van der Waals surface area (Å²) < 4.78 is 23.3. The Labute approximate surface area is 187 Å². The Balaban J connectivity index is 1.86. The summed E-state index contributed by atoms with van der Waals surface area (Å²) in [5.41, 5.74) is 0. The van der Waals surface area contributed by atoms with E-state index in [0.717, 1.165) is 23.7 Å². The zero-order valence-electron chi connectivity index (χ0n) is 20.3. The molecule has 1 rings (SSSR count). The first-order valence-corrected chi connectivity index (χ1v) is 14.3. The highest BCUT2D eigenvalue weighted by atomic mass is 31.2. The van der Waals surface area contributed by atoms with Gasteiger partial charge in [-0.3, -0.25) is 9.05 Å². The summed E-state index contributed by atoms with van der Waals surface area (Å²) in [7, 11) is 0.565. The van der Waals surface area contributed by atoms with Crippen LogP contribution < -0.4 is 0 Å². The zero-order chi connectivity index (χ0) is 22.1. The van der Waals surface area contributed by atoms with E-state index in [4.69, 9.17) is 9.05 Å². The normalized spacial score (nSPS) is 20.5. The predicted molar refractivity (Wildman–Crippen MR) is 127 cm³/mol. The number of hydrogen-bond donors (Lipinski definition) is 1. The van der Waals surface area contributed by atoms with Crippen molar-refractivity contribution in [3.8, 4) is 0 Å². The highest BCUT2D eigenvalue weighted by Crippen LogP contribution is 2.43. The molecular formula is C24H51NO4P+. The van der Waals surface area contributed by atoms with Crippen LogP contribution >= 0.6 is 7.82 Å². The van der Waals surface area contributed by atoms with Crippen molar-refractivity contribution in [2.45, 2.75) is 122 Å². The van der Waals surface area contributed by atoms with Crippen molar-refractivity contribution in [2.24, 2.45) is 0 Å². The number of nitrogens with zero attached hydrogens (tertiary/aromatic N) is 1. The Morgan fingerprint density at radius 1 is 0.800 bits per heavy atom. The van der Waals surface area contributed by atoms with E-state index in [1.165, 1.54) is 96.4 Å². The Hall–Kier alpha value is 0.0700.